The highest BCUT2D eigenvalue weighted by Crippen LogP contribution is 2.31. The zero-order valence-corrected chi connectivity index (χ0v) is 20.4. The lowest BCUT2D eigenvalue weighted by molar-refractivity contribution is -0.137. The maximum absolute atomic E-state index is 12.7. The average molecular weight is 494 g/mol. The molecule has 0 aliphatic carbocycles. The van der Waals surface area contributed by atoms with Gasteiger partial charge in [0.2, 0.25) is 0 Å². The molecule has 2 aromatic heterocycles. The Labute approximate surface area is 214 Å². The second-order valence-electron chi connectivity index (χ2n) is 8.90. The molecule has 2 heterocycles. The van der Waals surface area contributed by atoms with Gasteiger partial charge in [0.05, 0.1) is 12.1 Å². The lowest BCUT2D eigenvalue weighted by atomic mass is 9.85. The van der Waals surface area contributed by atoms with Gasteiger partial charge < -0.3 is 19.4 Å². The largest absolute Gasteiger partial charge is 0.491 e. The number of fused-ring (bicyclic) bond motifs is 1. The molecule has 0 radical (unpaired) electrons. The van der Waals surface area contributed by atoms with Crippen molar-refractivity contribution < 1.29 is 14.6 Å². The summed E-state index contributed by atoms with van der Waals surface area (Å²) in [6, 6.07) is 27.9. The summed E-state index contributed by atoms with van der Waals surface area (Å²) in [6.07, 6.45) is 2.20. The molecule has 5 rings (SSSR count). The fourth-order valence-electron chi connectivity index (χ4n) is 4.73. The van der Waals surface area contributed by atoms with E-state index in [0.717, 1.165) is 16.7 Å². The number of ether oxygens (including phenoxy) is 1. The van der Waals surface area contributed by atoms with Crippen molar-refractivity contribution in [3.05, 3.63) is 130 Å². The molecule has 0 bridgehead atoms. The SMILES string of the molecule is Cc1nc2c(OCCc3cc(C(c4ccccc4)c4ccccc4)c[nH]c3=O)cccc2n1CC(=O)O. The van der Waals surface area contributed by atoms with E-state index in [1.165, 1.54) is 0 Å². The van der Waals surface area contributed by atoms with E-state index in [0.29, 0.717) is 34.6 Å². The monoisotopic (exact) mass is 493 g/mol. The van der Waals surface area contributed by atoms with Crippen molar-refractivity contribution in [3.63, 3.8) is 0 Å². The third kappa shape index (κ3) is 5.16. The number of carboxylic acid groups (broad SMARTS) is 1. The number of pyridine rings is 1. The Morgan fingerprint density at radius 2 is 1.65 bits per heavy atom. The predicted molar refractivity (Wildman–Crippen MR) is 142 cm³/mol. The number of H-pyrrole nitrogens is 1. The van der Waals surface area contributed by atoms with Crippen LogP contribution in [-0.4, -0.2) is 32.2 Å². The van der Waals surface area contributed by atoms with Crippen LogP contribution in [0, 0.1) is 6.92 Å². The summed E-state index contributed by atoms with van der Waals surface area (Å²) >= 11 is 0. The molecule has 7 nitrogen and oxygen atoms in total. The molecule has 0 unspecified atom stereocenters. The molecular weight excluding hydrogens is 466 g/mol. The third-order valence-electron chi connectivity index (χ3n) is 6.46. The Morgan fingerprint density at radius 1 is 0.973 bits per heavy atom. The normalized spacial score (nSPS) is 11.2. The Balaban J connectivity index is 1.40. The van der Waals surface area contributed by atoms with Gasteiger partial charge in [0.1, 0.15) is 23.6 Å². The Hall–Kier alpha value is -4.65. The summed E-state index contributed by atoms with van der Waals surface area (Å²) in [4.78, 5) is 31.4. The zero-order chi connectivity index (χ0) is 25.8. The van der Waals surface area contributed by atoms with E-state index in [1.54, 1.807) is 23.8 Å². The number of nitrogens with zero attached hydrogens (tertiary/aromatic N) is 2. The first-order valence-corrected chi connectivity index (χ1v) is 12.1. The standard InChI is InChI=1S/C30H27N3O4/c1-20-32-29-25(33(20)19-27(34)35)13-8-14-26(29)37-16-15-23-17-24(18-31-30(23)36)28(21-9-4-2-5-10-21)22-11-6-3-7-12-22/h2-14,17-18,28H,15-16,19H2,1H3,(H,31,36)(H,34,35). The molecule has 2 N–H and O–H groups in total. The maximum atomic E-state index is 12.7. The van der Waals surface area contributed by atoms with Crippen LogP contribution in [0.2, 0.25) is 0 Å². The van der Waals surface area contributed by atoms with Crippen LogP contribution in [0.5, 0.6) is 5.75 Å². The molecule has 0 atom stereocenters. The summed E-state index contributed by atoms with van der Waals surface area (Å²) < 4.78 is 7.69. The van der Waals surface area contributed by atoms with Crippen LogP contribution >= 0.6 is 0 Å². The Bertz CT molecular complexity index is 1550. The van der Waals surface area contributed by atoms with Crippen LogP contribution in [0.4, 0.5) is 0 Å². The third-order valence-corrected chi connectivity index (χ3v) is 6.46. The minimum Gasteiger partial charge on any atom is -0.491 e. The summed E-state index contributed by atoms with van der Waals surface area (Å²) in [5.41, 5.74) is 5.07. The smallest absolute Gasteiger partial charge is 0.323 e. The number of benzene rings is 3. The van der Waals surface area contributed by atoms with E-state index >= 15 is 0 Å². The number of nitrogens with one attached hydrogen (secondary N) is 1. The molecule has 186 valence electrons. The highest BCUT2D eigenvalue weighted by Gasteiger charge is 2.18. The molecule has 0 fully saturated rings. The molecule has 37 heavy (non-hydrogen) atoms. The molecule has 0 spiro atoms. The van der Waals surface area contributed by atoms with Crippen LogP contribution in [0.25, 0.3) is 11.0 Å². The maximum Gasteiger partial charge on any atom is 0.323 e. The van der Waals surface area contributed by atoms with Crippen molar-refractivity contribution >= 4 is 17.0 Å². The number of carboxylic acids is 1. The van der Waals surface area contributed by atoms with Crippen molar-refractivity contribution in [2.75, 3.05) is 6.61 Å². The van der Waals surface area contributed by atoms with E-state index < -0.39 is 5.97 Å². The fraction of sp³-hybridized carbons (Fsp3) is 0.167. The van der Waals surface area contributed by atoms with E-state index in [-0.39, 0.29) is 24.6 Å². The number of imidazole rings is 1. The summed E-state index contributed by atoms with van der Waals surface area (Å²) in [5.74, 6) is 0.209. The van der Waals surface area contributed by atoms with Gasteiger partial charge in [-0.25, -0.2) is 4.98 Å². The van der Waals surface area contributed by atoms with Gasteiger partial charge in [-0.15, -0.1) is 0 Å². The minimum atomic E-state index is -0.933. The first-order chi connectivity index (χ1) is 18.0. The van der Waals surface area contributed by atoms with Gasteiger partial charge in [-0.05, 0) is 41.8 Å². The molecule has 5 aromatic rings. The van der Waals surface area contributed by atoms with Crippen molar-refractivity contribution in [1.29, 1.82) is 0 Å². The predicted octanol–water partition coefficient (Wildman–Crippen LogP) is 4.92. The van der Waals surface area contributed by atoms with Gasteiger partial charge in [-0.2, -0.15) is 0 Å². The molecule has 0 aliphatic rings. The fourth-order valence-corrected chi connectivity index (χ4v) is 4.73. The van der Waals surface area contributed by atoms with Crippen molar-refractivity contribution in [2.45, 2.75) is 25.8 Å². The number of hydrogen-bond acceptors (Lipinski definition) is 4. The average Bonchev–Trinajstić information content (AvgIpc) is 3.22. The number of aromatic nitrogens is 3. The van der Waals surface area contributed by atoms with Crippen LogP contribution in [0.1, 0.15) is 34.0 Å². The number of rotatable bonds is 9. The van der Waals surface area contributed by atoms with Crippen LogP contribution in [-0.2, 0) is 17.8 Å². The lowest BCUT2D eigenvalue weighted by Crippen LogP contribution is -2.17. The van der Waals surface area contributed by atoms with Crippen LogP contribution in [0.3, 0.4) is 0 Å². The van der Waals surface area contributed by atoms with E-state index in [2.05, 4.69) is 34.2 Å². The molecule has 0 aliphatic heterocycles. The number of carbonyl (C=O) groups is 1. The van der Waals surface area contributed by atoms with Gasteiger partial charge in [0.25, 0.3) is 5.56 Å². The number of hydrogen-bond donors (Lipinski definition) is 2. The molecule has 0 saturated carbocycles. The second-order valence-corrected chi connectivity index (χ2v) is 8.90. The number of aliphatic carboxylic acids is 1. The molecule has 7 heteroatoms. The van der Waals surface area contributed by atoms with Gasteiger partial charge in [0.15, 0.2) is 0 Å². The summed E-state index contributed by atoms with van der Waals surface area (Å²) in [7, 11) is 0. The van der Waals surface area contributed by atoms with E-state index in [1.807, 2.05) is 54.6 Å². The van der Waals surface area contributed by atoms with Gasteiger partial charge in [0, 0.05) is 24.1 Å². The quantitative estimate of drug-likeness (QED) is 0.304. The van der Waals surface area contributed by atoms with Crippen LogP contribution < -0.4 is 10.3 Å². The number of aromatic amines is 1. The highest BCUT2D eigenvalue weighted by molar-refractivity contribution is 5.84. The zero-order valence-electron chi connectivity index (χ0n) is 20.4. The minimum absolute atomic E-state index is 0.0196. The topological polar surface area (TPSA) is 97.2 Å². The number of aryl methyl sites for hydroxylation is 1. The van der Waals surface area contributed by atoms with Gasteiger partial charge in [-0.1, -0.05) is 66.7 Å². The molecule has 0 saturated heterocycles. The van der Waals surface area contributed by atoms with Gasteiger partial charge in [-0.3, -0.25) is 9.59 Å². The number of para-hydroxylation sites is 1. The molecule has 0 amide bonds. The summed E-state index contributed by atoms with van der Waals surface area (Å²) in [6.45, 7) is 1.88. The first-order valence-electron chi connectivity index (χ1n) is 12.1. The molecular formula is C30H27N3O4. The van der Waals surface area contributed by atoms with Crippen molar-refractivity contribution in [3.8, 4) is 5.75 Å². The van der Waals surface area contributed by atoms with E-state index in [4.69, 9.17) is 4.74 Å². The van der Waals surface area contributed by atoms with Gasteiger partial charge >= 0.3 is 5.97 Å². The van der Waals surface area contributed by atoms with Crippen molar-refractivity contribution in [2.24, 2.45) is 0 Å². The Kier molecular flexibility index (Phi) is 6.85. The van der Waals surface area contributed by atoms with Crippen molar-refractivity contribution in [1.82, 2.24) is 14.5 Å². The second kappa shape index (κ2) is 10.5. The Morgan fingerprint density at radius 3 is 2.30 bits per heavy atom. The van der Waals surface area contributed by atoms with Crippen LogP contribution in [0.15, 0.2) is 95.9 Å². The highest BCUT2D eigenvalue weighted by atomic mass is 16.5. The first kappa shape index (κ1) is 24.1. The molecule has 3 aromatic carbocycles. The van der Waals surface area contributed by atoms with E-state index in [9.17, 15) is 14.7 Å². The lowest BCUT2D eigenvalue weighted by Gasteiger charge is -2.19. The summed E-state index contributed by atoms with van der Waals surface area (Å²) in [5, 5.41) is 9.23.